The molecule has 1 saturated heterocycles. The van der Waals surface area contributed by atoms with Crippen molar-refractivity contribution < 1.29 is 4.74 Å². The number of anilines is 1. The number of rotatable bonds is 8. The zero-order valence-electron chi connectivity index (χ0n) is 18.5. The summed E-state index contributed by atoms with van der Waals surface area (Å²) in [5.41, 5.74) is 3.71. The Kier molecular flexibility index (Phi) is 8.80. The van der Waals surface area contributed by atoms with E-state index >= 15 is 0 Å². The predicted octanol–water partition coefficient (Wildman–Crippen LogP) is 4.51. The highest BCUT2D eigenvalue weighted by molar-refractivity contribution is 14.0. The fraction of sp³-hybridized carbons (Fsp3) is 0.500. The third kappa shape index (κ3) is 6.98. The second-order valence-corrected chi connectivity index (χ2v) is 8.34. The van der Waals surface area contributed by atoms with Crippen molar-refractivity contribution in [3.8, 4) is 5.88 Å². The van der Waals surface area contributed by atoms with Crippen LogP contribution in [0.1, 0.15) is 49.8 Å². The van der Waals surface area contributed by atoms with Crippen LogP contribution in [0.3, 0.4) is 0 Å². The Hall–Kier alpha value is -2.03. The normalized spacial score (nSPS) is 17.1. The number of hydrogen-bond acceptors (Lipinski definition) is 4. The second-order valence-electron chi connectivity index (χ2n) is 8.34. The lowest BCUT2D eigenvalue weighted by molar-refractivity contribution is 0.288. The average molecular weight is 535 g/mol. The predicted molar refractivity (Wildman–Crippen MR) is 138 cm³/mol. The monoisotopic (exact) mass is 535 g/mol. The summed E-state index contributed by atoms with van der Waals surface area (Å²) >= 11 is 0. The van der Waals surface area contributed by atoms with Gasteiger partial charge in [-0.1, -0.05) is 12.1 Å². The minimum Gasteiger partial charge on any atom is -0.477 e. The zero-order chi connectivity index (χ0) is 20.8. The van der Waals surface area contributed by atoms with Crippen molar-refractivity contribution in [3.05, 3.63) is 53.7 Å². The molecule has 1 aliphatic heterocycles. The number of nitrogens with one attached hydrogen (secondary N) is 2. The van der Waals surface area contributed by atoms with Gasteiger partial charge in [-0.2, -0.15) is 0 Å². The fourth-order valence-corrected chi connectivity index (χ4v) is 3.76. The Labute approximate surface area is 202 Å². The summed E-state index contributed by atoms with van der Waals surface area (Å²) in [7, 11) is 1.80. The minimum absolute atomic E-state index is 0. The molecule has 1 aromatic carbocycles. The molecule has 6 nitrogen and oxygen atoms in total. The molecular formula is C24H34IN5O. The van der Waals surface area contributed by atoms with Crippen LogP contribution >= 0.6 is 24.0 Å². The molecule has 0 spiro atoms. The summed E-state index contributed by atoms with van der Waals surface area (Å²) in [6, 6.07) is 13.0. The molecule has 2 N–H and O–H groups in total. The number of pyridine rings is 1. The summed E-state index contributed by atoms with van der Waals surface area (Å²) in [6.45, 7) is 5.94. The maximum atomic E-state index is 5.79. The van der Waals surface area contributed by atoms with Crippen LogP contribution in [0.2, 0.25) is 0 Å². The maximum Gasteiger partial charge on any atom is 0.213 e. The number of hydrogen-bond donors (Lipinski definition) is 2. The smallest absolute Gasteiger partial charge is 0.213 e. The average Bonchev–Trinajstić information content (AvgIpc) is 3.45. The van der Waals surface area contributed by atoms with E-state index in [0.717, 1.165) is 37.1 Å². The lowest BCUT2D eigenvalue weighted by Crippen LogP contribution is -2.38. The van der Waals surface area contributed by atoms with E-state index in [4.69, 9.17) is 4.74 Å². The van der Waals surface area contributed by atoms with Crippen LogP contribution in [0.4, 0.5) is 5.69 Å². The highest BCUT2D eigenvalue weighted by Crippen LogP contribution is 2.29. The van der Waals surface area contributed by atoms with E-state index in [0.29, 0.717) is 12.4 Å². The number of guanidine groups is 1. The van der Waals surface area contributed by atoms with E-state index in [9.17, 15) is 0 Å². The van der Waals surface area contributed by atoms with Crippen molar-refractivity contribution in [2.24, 2.45) is 10.9 Å². The van der Waals surface area contributed by atoms with Gasteiger partial charge in [0.05, 0.1) is 12.6 Å². The van der Waals surface area contributed by atoms with Crippen LogP contribution in [0.25, 0.3) is 0 Å². The molecule has 1 saturated carbocycles. The van der Waals surface area contributed by atoms with Crippen LogP contribution in [0, 0.1) is 5.92 Å². The SMILES string of the molecule is CN=C(NCc1ccnc(OCC2CC2)c1)NC(C)c1cccc(N2CCCC2)c1.I. The van der Waals surface area contributed by atoms with Crippen LogP contribution in [-0.4, -0.2) is 37.7 Å². The number of ether oxygens (including phenoxy) is 1. The van der Waals surface area contributed by atoms with E-state index < -0.39 is 0 Å². The largest absolute Gasteiger partial charge is 0.477 e. The first-order valence-corrected chi connectivity index (χ1v) is 11.1. The molecule has 0 bridgehead atoms. The van der Waals surface area contributed by atoms with Gasteiger partial charge in [-0.25, -0.2) is 4.98 Å². The molecule has 2 aromatic rings. The summed E-state index contributed by atoms with van der Waals surface area (Å²) in [5.74, 6) is 2.21. The number of benzene rings is 1. The lowest BCUT2D eigenvalue weighted by atomic mass is 10.1. The molecule has 2 aliphatic rings. The number of aromatic nitrogens is 1. The molecule has 1 aromatic heterocycles. The van der Waals surface area contributed by atoms with E-state index in [1.165, 1.54) is 36.9 Å². The zero-order valence-corrected chi connectivity index (χ0v) is 20.8. The van der Waals surface area contributed by atoms with Gasteiger partial charge >= 0.3 is 0 Å². The van der Waals surface area contributed by atoms with Crippen LogP contribution in [0.5, 0.6) is 5.88 Å². The molecule has 2 heterocycles. The maximum absolute atomic E-state index is 5.79. The molecule has 2 fully saturated rings. The molecule has 0 radical (unpaired) electrons. The summed E-state index contributed by atoms with van der Waals surface area (Å²) in [6.07, 6.45) is 6.94. The van der Waals surface area contributed by atoms with Crippen molar-refractivity contribution in [2.75, 3.05) is 31.6 Å². The topological polar surface area (TPSA) is 61.8 Å². The van der Waals surface area contributed by atoms with Crippen LogP contribution in [-0.2, 0) is 6.54 Å². The van der Waals surface area contributed by atoms with Crippen LogP contribution < -0.4 is 20.3 Å². The molecule has 168 valence electrons. The molecule has 0 amide bonds. The summed E-state index contributed by atoms with van der Waals surface area (Å²) in [5, 5.41) is 6.91. The molecule has 4 rings (SSSR count). The number of halogens is 1. The van der Waals surface area contributed by atoms with E-state index in [1.54, 1.807) is 7.05 Å². The number of nitrogens with zero attached hydrogens (tertiary/aromatic N) is 3. The first-order chi connectivity index (χ1) is 14.7. The molecular weight excluding hydrogens is 501 g/mol. The standard InChI is InChI=1S/C24H33N5O.HI/c1-18(21-6-5-7-22(15-21)29-12-3-4-13-29)28-24(25-2)27-16-20-10-11-26-23(14-20)30-17-19-8-9-19;/h5-7,10-11,14-15,18-19H,3-4,8-9,12-13,16-17H2,1-2H3,(H2,25,27,28);1H. The Morgan fingerprint density at radius 3 is 2.77 bits per heavy atom. The first kappa shape index (κ1) is 23.6. The van der Waals surface area contributed by atoms with Crippen molar-refractivity contribution in [3.63, 3.8) is 0 Å². The van der Waals surface area contributed by atoms with Gasteiger partial charge in [0, 0.05) is 44.6 Å². The minimum atomic E-state index is 0. The van der Waals surface area contributed by atoms with Gasteiger partial charge in [0.2, 0.25) is 5.88 Å². The van der Waals surface area contributed by atoms with Crippen molar-refractivity contribution in [2.45, 2.75) is 45.2 Å². The van der Waals surface area contributed by atoms with Crippen molar-refractivity contribution in [1.82, 2.24) is 15.6 Å². The third-order valence-electron chi connectivity index (χ3n) is 5.84. The Morgan fingerprint density at radius 2 is 2.03 bits per heavy atom. The fourth-order valence-electron chi connectivity index (χ4n) is 3.76. The Morgan fingerprint density at radius 1 is 1.23 bits per heavy atom. The molecule has 1 unspecified atom stereocenters. The van der Waals surface area contributed by atoms with Crippen molar-refractivity contribution >= 4 is 35.6 Å². The summed E-state index contributed by atoms with van der Waals surface area (Å²) < 4.78 is 5.79. The Bertz CT molecular complexity index is 865. The van der Waals surface area contributed by atoms with E-state index in [1.807, 2.05) is 18.3 Å². The van der Waals surface area contributed by atoms with E-state index in [2.05, 4.69) is 56.7 Å². The molecule has 7 heteroatoms. The number of aliphatic imine (C=N–C) groups is 1. The van der Waals surface area contributed by atoms with Gasteiger partial charge in [0.1, 0.15) is 0 Å². The Balaban J connectivity index is 0.00000272. The molecule has 1 aliphatic carbocycles. The van der Waals surface area contributed by atoms with E-state index in [-0.39, 0.29) is 30.0 Å². The lowest BCUT2D eigenvalue weighted by Gasteiger charge is -2.22. The second kappa shape index (κ2) is 11.5. The summed E-state index contributed by atoms with van der Waals surface area (Å²) in [4.78, 5) is 11.2. The van der Waals surface area contributed by atoms with Gasteiger partial charge in [-0.15, -0.1) is 24.0 Å². The van der Waals surface area contributed by atoms with Crippen molar-refractivity contribution in [1.29, 1.82) is 0 Å². The van der Waals surface area contributed by atoms with Gasteiger partial charge in [-0.3, -0.25) is 4.99 Å². The van der Waals surface area contributed by atoms with Gasteiger partial charge in [0.25, 0.3) is 0 Å². The van der Waals surface area contributed by atoms with Gasteiger partial charge < -0.3 is 20.3 Å². The van der Waals surface area contributed by atoms with Crippen LogP contribution in [0.15, 0.2) is 47.6 Å². The highest BCUT2D eigenvalue weighted by Gasteiger charge is 2.22. The van der Waals surface area contributed by atoms with Gasteiger partial charge in [-0.05, 0) is 67.9 Å². The first-order valence-electron chi connectivity index (χ1n) is 11.1. The highest BCUT2D eigenvalue weighted by atomic mass is 127. The quantitative estimate of drug-likeness (QED) is 0.296. The molecule has 31 heavy (non-hydrogen) atoms. The molecule has 1 atom stereocenters. The third-order valence-corrected chi connectivity index (χ3v) is 5.84. The van der Waals surface area contributed by atoms with Gasteiger partial charge in [0.15, 0.2) is 5.96 Å².